The Hall–Kier alpha value is -0.900. The number of nitrogens with zero attached hydrogens (tertiary/aromatic N) is 2. The zero-order valence-corrected chi connectivity index (χ0v) is 8.25. The molecule has 1 heterocycles. The topological polar surface area (TPSA) is 40.6 Å². The van der Waals surface area contributed by atoms with E-state index in [-0.39, 0.29) is 18.2 Å². The largest absolute Gasteiger partial charge is 0.334 e. The van der Waals surface area contributed by atoms with Gasteiger partial charge in [-0.2, -0.15) is 0 Å². The lowest BCUT2D eigenvalue weighted by Crippen LogP contribution is -2.38. The molecule has 1 rings (SSSR count). The fourth-order valence-corrected chi connectivity index (χ4v) is 1.50. The van der Waals surface area contributed by atoms with Gasteiger partial charge in [0.2, 0.25) is 5.91 Å². The van der Waals surface area contributed by atoms with Crippen LogP contribution in [-0.4, -0.2) is 54.7 Å². The molecule has 1 fully saturated rings. The van der Waals surface area contributed by atoms with Crippen molar-refractivity contribution in [3.05, 3.63) is 0 Å². The summed E-state index contributed by atoms with van der Waals surface area (Å²) in [6, 6.07) is 0. The highest BCUT2D eigenvalue weighted by molar-refractivity contribution is 5.85. The van der Waals surface area contributed by atoms with Gasteiger partial charge in [0.1, 0.15) is 5.78 Å². The molecule has 1 saturated heterocycles. The molecule has 0 aromatic rings. The third-order valence-corrected chi connectivity index (χ3v) is 2.14. The minimum atomic E-state index is 0.0536. The number of hydrogen-bond donors (Lipinski definition) is 0. The molecule has 0 aliphatic carbocycles. The first-order valence-electron chi connectivity index (χ1n) is 4.55. The van der Waals surface area contributed by atoms with Gasteiger partial charge >= 0.3 is 0 Å². The Morgan fingerprint density at radius 1 is 1.46 bits per heavy atom. The number of carbonyl (C=O) groups is 2. The van der Waals surface area contributed by atoms with Gasteiger partial charge in [0.15, 0.2) is 0 Å². The Morgan fingerprint density at radius 2 is 2.15 bits per heavy atom. The maximum absolute atomic E-state index is 11.5. The normalized spacial score (nSPS) is 20.2. The predicted molar refractivity (Wildman–Crippen MR) is 49.4 cm³/mol. The van der Waals surface area contributed by atoms with Crippen molar-refractivity contribution in [2.75, 3.05) is 33.2 Å². The molecule has 0 aromatic heterocycles. The van der Waals surface area contributed by atoms with Crippen molar-refractivity contribution >= 4 is 11.7 Å². The standard InChI is InChI=1S/C9H16N2O2/c1-8(12)6-11-5-3-4-10(2)7-9(11)13/h3-7H2,1-2H3. The molecule has 1 amide bonds. The molecule has 1 aliphatic heterocycles. The summed E-state index contributed by atoms with van der Waals surface area (Å²) in [4.78, 5) is 26.0. The lowest BCUT2D eigenvalue weighted by atomic mass is 10.3. The van der Waals surface area contributed by atoms with Gasteiger partial charge in [0.05, 0.1) is 13.1 Å². The van der Waals surface area contributed by atoms with Gasteiger partial charge in [-0.1, -0.05) is 0 Å². The first-order chi connectivity index (χ1) is 6.09. The Labute approximate surface area is 78.5 Å². The number of amides is 1. The predicted octanol–water partition coefficient (Wildman–Crippen LogP) is -0.261. The van der Waals surface area contributed by atoms with Gasteiger partial charge in [-0.3, -0.25) is 14.5 Å². The Bertz CT molecular complexity index is 216. The molecule has 74 valence electrons. The zero-order valence-electron chi connectivity index (χ0n) is 8.25. The molecule has 0 aromatic carbocycles. The molecule has 0 spiro atoms. The number of carbonyl (C=O) groups excluding carboxylic acids is 2. The smallest absolute Gasteiger partial charge is 0.237 e. The van der Waals surface area contributed by atoms with Crippen LogP contribution in [0.3, 0.4) is 0 Å². The first-order valence-corrected chi connectivity index (χ1v) is 4.55. The summed E-state index contributed by atoms with van der Waals surface area (Å²) in [6.45, 7) is 3.87. The monoisotopic (exact) mass is 184 g/mol. The number of rotatable bonds is 2. The van der Waals surface area contributed by atoms with Gasteiger partial charge in [0, 0.05) is 13.1 Å². The number of likely N-dealkylation sites (N-methyl/N-ethyl adjacent to an activating group) is 1. The molecule has 0 N–H and O–H groups in total. The highest BCUT2D eigenvalue weighted by atomic mass is 16.2. The van der Waals surface area contributed by atoms with E-state index in [0.29, 0.717) is 13.1 Å². The van der Waals surface area contributed by atoms with Crippen LogP contribution in [0.5, 0.6) is 0 Å². The van der Waals surface area contributed by atoms with E-state index in [0.717, 1.165) is 13.0 Å². The van der Waals surface area contributed by atoms with Crippen molar-refractivity contribution in [3.8, 4) is 0 Å². The van der Waals surface area contributed by atoms with Crippen LogP contribution in [0, 0.1) is 0 Å². The summed E-state index contributed by atoms with van der Waals surface area (Å²) in [5, 5.41) is 0. The summed E-state index contributed by atoms with van der Waals surface area (Å²) >= 11 is 0. The van der Waals surface area contributed by atoms with E-state index in [2.05, 4.69) is 0 Å². The molecule has 0 bridgehead atoms. The van der Waals surface area contributed by atoms with Crippen molar-refractivity contribution in [1.29, 1.82) is 0 Å². The molecular formula is C9H16N2O2. The van der Waals surface area contributed by atoms with E-state index in [1.54, 1.807) is 4.90 Å². The SMILES string of the molecule is CC(=O)CN1CCCN(C)CC1=O. The summed E-state index contributed by atoms with van der Waals surface area (Å²) in [6.07, 6.45) is 0.954. The van der Waals surface area contributed by atoms with Crippen LogP contribution < -0.4 is 0 Å². The average Bonchev–Trinajstić information content (AvgIpc) is 2.13. The van der Waals surface area contributed by atoms with Gasteiger partial charge in [-0.15, -0.1) is 0 Å². The second-order valence-corrected chi connectivity index (χ2v) is 3.61. The second-order valence-electron chi connectivity index (χ2n) is 3.61. The van der Waals surface area contributed by atoms with Crippen molar-refractivity contribution < 1.29 is 9.59 Å². The van der Waals surface area contributed by atoms with E-state index in [9.17, 15) is 9.59 Å². The van der Waals surface area contributed by atoms with Gasteiger partial charge < -0.3 is 4.90 Å². The molecule has 0 radical (unpaired) electrons. The fourth-order valence-electron chi connectivity index (χ4n) is 1.50. The molecule has 4 heteroatoms. The van der Waals surface area contributed by atoms with Crippen LogP contribution in [0.25, 0.3) is 0 Å². The third-order valence-electron chi connectivity index (χ3n) is 2.14. The molecule has 13 heavy (non-hydrogen) atoms. The van der Waals surface area contributed by atoms with Crippen molar-refractivity contribution in [2.45, 2.75) is 13.3 Å². The number of hydrogen-bond acceptors (Lipinski definition) is 3. The third kappa shape index (κ3) is 3.14. The molecule has 0 unspecified atom stereocenters. The zero-order chi connectivity index (χ0) is 9.84. The van der Waals surface area contributed by atoms with E-state index in [1.807, 2.05) is 11.9 Å². The second kappa shape index (κ2) is 4.37. The molecule has 4 nitrogen and oxygen atoms in total. The van der Waals surface area contributed by atoms with E-state index in [4.69, 9.17) is 0 Å². The van der Waals surface area contributed by atoms with Crippen LogP contribution in [0.2, 0.25) is 0 Å². The Morgan fingerprint density at radius 3 is 2.77 bits per heavy atom. The first kappa shape index (κ1) is 10.2. The lowest BCUT2D eigenvalue weighted by Gasteiger charge is -2.18. The van der Waals surface area contributed by atoms with Crippen LogP contribution in [0.4, 0.5) is 0 Å². The van der Waals surface area contributed by atoms with Gasteiger partial charge in [0.25, 0.3) is 0 Å². The number of Topliss-reactive ketones (excluding diaryl/α,β-unsaturated/α-hetero) is 1. The highest BCUT2D eigenvalue weighted by Crippen LogP contribution is 2.01. The molecule has 0 saturated carbocycles. The average molecular weight is 184 g/mol. The van der Waals surface area contributed by atoms with E-state index < -0.39 is 0 Å². The van der Waals surface area contributed by atoms with Crippen LogP contribution >= 0.6 is 0 Å². The molecule has 0 atom stereocenters. The summed E-state index contributed by atoms with van der Waals surface area (Å²) < 4.78 is 0. The maximum Gasteiger partial charge on any atom is 0.237 e. The van der Waals surface area contributed by atoms with Gasteiger partial charge in [-0.05, 0) is 20.4 Å². The van der Waals surface area contributed by atoms with Crippen molar-refractivity contribution in [2.24, 2.45) is 0 Å². The van der Waals surface area contributed by atoms with E-state index in [1.165, 1.54) is 6.92 Å². The maximum atomic E-state index is 11.5. The lowest BCUT2D eigenvalue weighted by molar-refractivity contribution is -0.134. The molecular weight excluding hydrogens is 168 g/mol. The van der Waals surface area contributed by atoms with Crippen molar-refractivity contribution in [3.63, 3.8) is 0 Å². The Balaban J connectivity index is 2.53. The minimum Gasteiger partial charge on any atom is -0.334 e. The summed E-state index contributed by atoms with van der Waals surface area (Å²) in [7, 11) is 1.93. The van der Waals surface area contributed by atoms with Crippen LogP contribution in [-0.2, 0) is 9.59 Å². The highest BCUT2D eigenvalue weighted by Gasteiger charge is 2.19. The summed E-state index contributed by atoms with van der Waals surface area (Å²) in [5.41, 5.74) is 0. The minimum absolute atomic E-state index is 0.0536. The Kier molecular flexibility index (Phi) is 3.42. The molecule has 1 aliphatic rings. The quantitative estimate of drug-likeness (QED) is 0.593. The van der Waals surface area contributed by atoms with Crippen LogP contribution in [0.1, 0.15) is 13.3 Å². The van der Waals surface area contributed by atoms with Crippen LogP contribution in [0.15, 0.2) is 0 Å². The van der Waals surface area contributed by atoms with Crippen molar-refractivity contribution in [1.82, 2.24) is 9.80 Å². The number of ketones is 1. The van der Waals surface area contributed by atoms with Gasteiger partial charge in [-0.25, -0.2) is 0 Å². The van der Waals surface area contributed by atoms with E-state index >= 15 is 0 Å². The fraction of sp³-hybridized carbons (Fsp3) is 0.778. The summed E-state index contributed by atoms with van der Waals surface area (Å²) in [5.74, 6) is 0.119.